The molecule has 0 aliphatic heterocycles. The van der Waals surface area contributed by atoms with Crippen LogP contribution in [0.2, 0.25) is 0 Å². The highest BCUT2D eigenvalue weighted by molar-refractivity contribution is 9.10. The maximum absolute atomic E-state index is 12.5. The van der Waals surface area contributed by atoms with Crippen molar-refractivity contribution in [1.29, 1.82) is 0 Å². The van der Waals surface area contributed by atoms with Crippen molar-refractivity contribution in [1.82, 2.24) is 9.47 Å². The van der Waals surface area contributed by atoms with Crippen molar-refractivity contribution in [2.75, 3.05) is 13.6 Å². The Hall–Kier alpha value is -0.770. The van der Waals surface area contributed by atoms with Crippen LogP contribution in [0.4, 0.5) is 0 Å². The van der Waals surface area contributed by atoms with E-state index in [-0.39, 0.29) is 5.91 Å². The summed E-state index contributed by atoms with van der Waals surface area (Å²) in [5.74, 6) is 0.895. The zero-order valence-electron chi connectivity index (χ0n) is 10.7. The summed E-state index contributed by atoms with van der Waals surface area (Å²) >= 11 is 3.48. The fourth-order valence-corrected chi connectivity index (χ4v) is 3.05. The van der Waals surface area contributed by atoms with E-state index in [1.807, 2.05) is 24.2 Å². The van der Waals surface area contributed by atoms with Gasteiger partial charge in [0, 0.05) is 30.3 Å². The fourth-order valence-electron chi connectivity index (χ4n) is 2.61. The van der Waals surface area contributed by atoms with Gasteiger partial charge in [-0.05, 0) is 53.6 Å². The molecule has 1 aromatic heterocycles. The van der Waals surface area contributed by atoms with Gasteiger partial charge in [-0.15, -0.1) is 0 Å². The van der Waals surface area contributed by atoms with Crippen molar-refractivity contribution in [2.24, 2.45) is 5.92 Å². The van der Waals surface area contributed by atoms with Gasteiger partial charge in [0.25, 0.3) is 5.91 Å². The average Bonchev–Trinajstić information content (AvgIpc) is 3.06. The predicted molar refractivity (Wildman–Crippen MR) is 74.7 cm³/mol. The van der Waals surface area contributed by atoms with Crippen molar-refractivity contribution in [3.63, 3.8) is 0 Å². The summed E-state index contributed by atoms with van der Waals surface area (Å²) in [6, 6.07) is 2.50. The first-order chi connectivity index (χ1) is 8.65. The summed E-state index contributed by atoms with van der Waals surface area (Å²) in [5, 5.41) is 0. The number of aromatic nitrogens is 1. The molecule has 2 aliphatic carbocycles. The summed E-state index contributed by atoms with van der Waals surface area (Å²) in [7, 11) is 1.93. The summed E-state index contributed by atoms with van der Waals surface area (Å²) in [6.07, 6.45) is 8.34. The van der Waals surface area contributed by atoms with E-state index in [1.165, 1.54) is 32.1 Å². The second-order valence-electron chi connectivity index (χ2n) is 5.66. The second kappa shape index (κ2) is 4.72. The van der Waals surface area contributed by atoms with Crippen LogP contribution in [0.15, 0.2) is 16.7 Å². The molecule has 1 aromatic rings. The molecule has 0 unspecified atom stereocenters. The Kier molecular flexibility index (Phi) is 3.22. The lowest BCUT2D eigenvalue weighted by Crippen LogP contribution is -2.35. The van der Waals surface area contributed by atoms with Crippen LogP contribution in [0.5, 0.6) is 0 Å². The molecule has 3 rings (SSSR count). The van der Waals surface area contributed by atoms with E-state index in [9.17, 15) is 4.79 Å². The second-order valence-corrected chi connectivity index (χ2v) is 6.58. The zero-order valence-corrected chi connectivity index (χ0v) is 12.3. The molecule has 0 N–H and O–H groups in total. The number of hydrogen-bond donors (Lipinski definition) is 0. The van der Waals surface area contributed by atoms with Crippen LogP contribution in [0, 0.1) is 5.92 Å². The van der Waals surface area contributed by atoms with Gasteiger partial charge in [0.2, 0.25) is 0 Å². The van der Waals surface area contributed by atoms with E-state index >= 15 is 0 Å². The van der Waals surface area contributed by atoms with Crippen molar-refractivity contribution in [2.45, 2.75) is 38.1 Å². The Labute approximate surface area is 116 Å². The predicted octanol–water partition coefficient (Wildman–Crippen LogP) is 3.46. The van der Waals surface area contributed by atoms with Gasteiger partial charge in [0.15, 0.2) is 0 Å². The van der Waals surface area contributed by atoms with E-state index in [0.29, 0.717) is 6.04 Å². The van der Waals surface area contributed by atoms with Crippen molar-refractivity contribution < 1.29 is 4.79 Å². The lowest BCUT2D eigenvalue weighted by atomic mass is 9.85. The largest absolute Gasteiger partial charge is 0.340 e. The average molecular weight is 311 g/mol. The van der Waals surface area contributed by atoms with Gasteiger partial charge >= 0.3 is 0 Å². The molecule has 0 spiro atoms. The summed E-state index contributed by atoms with van der Waals surface area (Å²) in [5.41, 5.74) is 0.839. The summed E-state index contributed by atoms with van der Waals surface area (Å²) in [6.45, 7) is 0.909. The molecule has 1 heterocycles. The molecule has 2 fully saturated rings. The molecule has 4 heteroatoms. The first-order valence-corrected chi connectivity index (χ1v) is 7.57. The Morgan fingerprint density at radius 2 is 2.17 bits per heavy atom. The van der Waals surface area contributed by atoms with Crippen LogP contribution >= 0.6 is 15.9 Å². The van der Waals surface area contributed by atoms with E-state index in [2.05, 4.69) is 20.5 Å². The molecule has 18 heavy (non-hydrogen) atoms. The molecule has 98 valence electrons. The minimum absolute atomic E-state index is 0.166. The topological polar surface area (TPSA) is 25.2 Å². The van der Waals surface area contributed by atoms with E-state index in [0.717, 1.165) is 22.6 Å². The van der Waals surface area contributed by atoms with Crippen LogP contribution < -0.4 is 0 Å². The van der Waals surface area contributed by atoms with Crippen LogP contribution in [0.25, 0.3) is 0 Å². The van der Waals surface area contributed by atoms with Crippen LogP contribution in [-0.2, 0) is 0 Å². The minimum Gasteiger partial charge on any atom is -0.340 e. The van der Waals surface area contributed by atoms with Crippen molar-refractivity contribution in [3.8, 4) is 0 Å². The van der Waals surface area contributed by atoms with Crippen LogP contribution in [0.3, 0.4) is 0 Å². The van der Waals surface area contributed by atoms with Gasteiger partial charge in [-0.25, -0.2) is 0 Å². The molecule has 0 saturated heterocycles. The van der Waals surface area contributed by atoms with Crippen molar-refractivity contribution >= 4 is 21.8 Å². The maximum atomic E-state index is 12.5. The Morgan fingerprint density at radius 3 is 2.72 bits per heavy atom. The van der Waals surface area contributed by atoms with Gasteiger partial charge in [-0.3, -0.25) is 4.79 Å². The van der Waals surface area contributed by atoms with Gasteiger partial charge in [-0.1, -0.05) is 6.42 Å². The summed E-state index contributed by atoms with van der Waals surface area (Å²) in [4.78, 5) is 14.4. The minimum atomic E-state index is 0.166. The van der Waals surface area contributed by atoms with Crippen LogP contribution in [0.1, 0.15) is 48.6 Å². The number of amides is 1. The number of rotatable bonds is 4. The number of nitrogens with zero attached hydrogens (tertiary/aromatic N) is 2. The summed E-state index contributed by atoms with van der Waals surface area (Å²) < 4.78 is 3.15. The Balaban J connectivity index is 1.73. The third-order valence-electron chi connectivity index (χ3n) is 4.08. The molecular formula is C14H19BrN2O. The normalized spacial score (nSPS) is 19.7. The molecule has 1 amide bonds. The monoisotopic (exact) mass is 310 g/mol. The highest BCUT2D eigenvalue weighted by Gasteiger charge is 2.29. The number of carbonyl (C=O) groups excluding carboxylic acids is 1. The molecule has 0 atom stereocenters. The number of carbonyl (C=O) groups is 1. The third kappa shape index (κ3) is 2.35. The van der Waals surface area contributed by atoms with E-state index < -0.39 is 0 Å². The third-order valence-corrected chi connectivity index (χ3v) is 4.51. The molecule has 3 nitrogen and oxygen atoms in total. The highest BCUT2D eigenvalue weighted by atomic mass is 79.9. The van der Waals surface area contributed by atoms with Gasteiger partial charge in [0.1, 0.15) is 5.69 Å². The van der Waals surface area contributed by atoms with Crippen molar-refractivity contribution in [3.05, 3.63) is 22.4 Å². The molecular weight excluding hydrogens is 292 g/mol. The smallest absolute Gasteiger partial charge is 0.270 e. The Morgan fingerprint density at radius 1 is 1.44 bits per heavy atom. The highest BCUT2D eigenvalue weighted by Crippen LogP contribution is 2.38. The zero-order chi connectivity index (χ0) is 12.7. The standard InChI is InChI=1S/C14H19BrN2O/c1-16(8-10-3-2-4-10)14(18)13-7-11(15)9-17(13)12-5-6-12/h7,9-10,12H,2-6,8H2,1H3. The van der Waals surface area contributed by atoms with Gasteiger partial charge < -0.3 is 9.47 Å². The molecule has 2 saturated carbocycles. The lowest BCUT2D eigenvalue weighted by Gasteiger charge is -2.30. The quantitative estimate of drug-likeness (QED) is 0.836. The van der Waals surface area contributed by atoms with E-state index in [4.69, 9.17) is 0 Å². The molecule has 0 bridgehead atoms. The molecule has 0 aromatic carbocycles. The van der Waals surface area contributed by atoms with E-state index in [1.54, 1.807) is 0 Å². The number of halogens is 1. The van der Waals surface area contributed by atoms with Gasteiger partial charge in [0.05, 0.1) is 0 Å². The SMILES string of the molecule is CN(CC1CCC1)C(=O)c1cc(Br)cn1C1CC1. The Bertz CT molecular complexity index is 460. The lowest BCUT2D eigenvalue weighted by molar-refractivity contribution is 0.0734. The first kappa shape index (κ1) is 12.3. The van der Waals surface area contributed by atoms with Crippen LogP contribution in [-0.4, -0.2) is 29.0 Å². The fraction of sp³-hybridized carbons (Fsp3) is 0.643. The maximum Gasteiger partial charge on any atom is 0.270 e. The number of hydrogen-bond acceptors (Lipinski definition) is 1. The molecule has 2 aliphatic rings. The molecule has 0 radical (unpaired) electrons. The van der Waals surface area contributed by atoms with Gasteiger partial charge in [-0.2, -0.15) is 0 Å². The first-order valence-electron chi connectivity index (χ1n) is 6.78.